The largest absolute Gasteiger partial charge is 0.342 e. The van der Waals surface area contributed by atoms with E-state index in [0.29, 0.717) is 18.5 Å². The summed E-state index contributed by atoms with van der Waals surface area (Å²) in [6, 6.07) is 16.4. The lowest BCUT2D eigenvalue weighted by atomic mass is 9.98. The smallest absolute Gasteiger partial charge is 0.252 e. The summed E-state index contributed by atoms with van der Waals surface area (Å²) < 4.78 is 24.4. The maximum absolute atomic E-state index is 14.5. The summed E-state index contributed by atoms with van der Waals surface area (Å²) in [7, 11) is -3.74. The molecule has 0 spiro atoms. The summed E-state index contributed by atoms with van der Waals surface area (Å²) in [6.07, 6.45) is 2.10. The van der Waals surface area contributed by atoms with Crippen LogP contribution in [0.1, 0.15) is 50.3 Å². The van der Waals surface area contributed by atoms with Crippen molar-refractivity contribution in [3.05, 3.63) is 71.3 Å². The molecule has 0 bridgehead atoms. The second-order valence-corrected chi connectivity index (χ2v) is 13.0. The van der Waals surface area contributed by atoms with Gasteiger partial charge in [-0.25, -0.2) is 8.42 Å². The van der Waals surface area contributed by atoms with Gasteiger partial charge in [-0.05, 0) is 66.8 Å². The Bertz CT molecular complexity index is 1690. The fourth-order valence-corrected chi connectivity index (χ4v) is 6.21. The van der Waals surface area contributed by atoms with Crippen molar-refractivity contribution >= 4 is 49.7 Å². The molecule has 1 aliphatic rings. The van der Waals surface area contributed by atoms with E-state index >= 15 is 0 Å². The monoisotopic (exact) mass is 588 g/mol. The first kappa shape index (κ1) is 30.7. The SMILES string of the molecule is CCC(CC)C(=O)N[C@@H]1C(=O)N(Cc2c(C)ccc3ccccc23)c2ccc(C#N)cc2N(C(=O)CS(C)(=O)=O)[C@H]1C. The number of hydrogen-bond acceptors (Lipinski definition) is 6. The maximum Gasteiger partial charge on any atom is 0.252 e. The van der Waals surface area contributed by atoms with E-state index in [1.807, 2.05) is 57.2 Å². The molecule has 0 radical (unpaired) electrons. The minimum Gasteiger partial charge on any atom is -0.342 e. The number of carbonyl (C=O) groups is 3. The van der Waals surface area contributed by atoms with Gasteiger partial charge in [-0.3, -0.25) is 14.4 Å². The summed E-state index contributed by atoms with van der Waals surface area (Å²) in [5.41, 5.74) is 2.67. The van der Waals surface area contributed by atoms with Crippen LogP contribution >= 0.6 is 0 Å². The van der Waals surface area contributed by atoms with Crippen molar-refractivity contribution in [2.45, 2.75) is 59.2 Å². The van der Waals surface area contributed by atoms with Crippen molar-refractivity contribution in [2.24, 2.45) is 5.92 Å². The Kier molecular flexibility index (Phi) is 9.02. The molecule has 10 heteroatoms. The van der Waals surface area contributed by atoms with Crippen molar-refractivity contribution in [1.82, 2.24) is 5.32 Å². The van der Waals surface area contributed by atoms with Gasteiger partial charge in [-0.15, -0.1) is 0 Å². The molecule has 1 aliphatic heterocycles. The van der Waals surface area contributed by atoms with Crippen LogP contribution in [0.15, 0.2) is 54.6 Å². The first-order valence-electron chi connectivity index (χ1n) is 14.0. The number of carbonyl (C=O) groups excluding carboxylic acids is 3. The number of hydrogen-bond donors (Lipinski definition) is 1. The van der Waals surface area contributed by atoms with Gasteiger partial charge >= 0.3 is 0 Å². The number of nitrogens with one attached hydrogen (secondary N) is 1. The number of nitrogens with zero attached hydrogens (tertiary/aromatic N) is 3. The lowest BCUT2D eigenvalue weighted by Gasteiger charge is -2.32. The number of nitriles is 1. The minimum absolute atomic E-state index is 0.128. The Balaban J connectivity index is 1.95. The molecule has 4 rings (SSSR count). The van der Waals surface area contributed by atoms with Crippen molar-refractivity contribution in [1.29, 1.82) is 5.26 Å². The number of aryl methyl sites for hydroxylation is 1. The molecule has 1 N–H and O–H groups in total. The third kappa shape index (κ3) is 6.16. The van der Waals surface area contributed by atoms with Gasteiger partial charge in [0.05, 0.1) is 35.6 Å². The third-order valence-electron chi connectivity index (χ3n) is 7.98. The van der Waals surface area contributed by atoms with Gasteiger partial charge in [0.2, 0.25) is 11.8 Å². The van der Waals surface area contributed by atoms with E-state index in [1.54, 1.807) is 19.1 Å². The molecule has 3 aromatic rings. The lowest BCUT2D eigenvalue weighted by Crippen LogP contribution is -2.59. The highest BCUT2D eigenvalue weighted by Gasteiger charge is 2.43. The minimum atomic E-state index is -3.74. The average Bonchev–Trinajstić information content (AvgIpc) is 3.02. The number of amides is 3. The Hall–Kier alpha value is -4.23. The number of sulfone groups is 1. The molecule has 42 heavy (non-hydrogen) atoms. The van der Waals surface area contributed by atoms with Crippen LogP contribution in [0.4, 0.5) is 11.4 Å². The third-order valence-corrected chi connectivity index (χ3v) is 8.75. The fraction of sp³-hybridized carbons (Fsp3) is 0.375. The second kappa shape index (κ2) is 12.3. The van der Waals surface area contributed by atoms with Crippen molar-refractivity contribution in [2.75, 3.05) is 21.8 Å². The highest BCUT2D eigenvalue weighted by Crippen LogP contribution is 2.38. The molecule has 0 aromatic heterocycles. The van der Waals surface area contributed by atoms with Crippen LogP contribution in [0.5, 0.6) is 0 Å². The first-order valence-corrected chi connectivity index (χ1v) is 16.1. The Morgan fingerprint density at radius 1 is 1.05 bits per heavy atom. The number of anilines is 2. The Labute approximate surface area is 247 Å². The zero-order valence-electron chi connectivity index (χ0n) is 24.5. The lowest BCUT2D eigenvalue weighted by molar-refractivity contribution is -0.131. The van der Waals surface area contributed by atoms with E-state index in [1.165, 1.54) is 15.9 Å². The molecule has 9 nitrogen and oxygen atoms in total. The first-order chi connectivity index (χ1) is 19.9. The number of rotatable bonds is 8. The molecule has 3 amide bonds. The van der Waals surface area contributed by atoms with Gasteiger partial charge < -0.3 is 15.1 Å². The summed E-state index contributed by atoms with van der Waals surface area (Å²) in [6.45, 7) is 7.49. The van der Waals surface area contributed by atoms with Crippen LogP contribution < -0.4 is 15.1 Å². The summed E-state index contributed by atoms with van der Waals surface area (Å²) in [4.78, 5) is 44.3. The zero-order chi connectivity index (χ0) is 30.8. The van der Waals surface area contributed by atoms with Crippen LogP contribution in [0.25, 0.3) is 10.8 Å². The van der Waals surface area contributed by atoms with E-state index in [2.05, 4.69) is 11.4 Å². The second-order valence-electron chi connectivity index (χ2n) is 10.9. The zero-order valence-corrected chi connectivity index (χ0v) is 25.4. The van der Waals surface area contributed by atoms with E-state index in [-0.39, 0.29) is 29.6 Å². The molecule has 0 saturated heterocycles. The summed E-state index contributed by atoms with van der Waals surface area (Å²) in [5, 5.41) is 14.6. The Morgan fingerprint density at radius 2 is 1.74 bits per heavy atom. The predicted molar refractivity (Wildman–Crippen MR) is 164 cm³/mol. The van der Waals surface area contributed by atoms with Crippen LogP contribution in [-0.4, -0.2) is 50.2 Å². The molecule has 220 valence electrons. The van der Waals surface area contributed by atoms with E-state index in [4.69, 9.17) is 0 Å². The van der Waals surface area contributed by atoms with E-state index < -0.39 is 39.5 Å². The molecular weight excluding hydrogens is 552 g/mol. The molecule has 0 unspecified atom stereocenters. The highest BCUT2D eigenvalue weighted by molar-refractivity contribution is 7.91. The quantitative estimate of drug-likeness (QED) is 0.419. The molecule has 1 heterocycles. The molecule has 0 aliphatic carbocycles. The van der Waals surface area contributed by atoms with Gasteiger partial charge in [0.15, 0.2) is 9.84 Å². The van der Waals surface area contributed by atoms with Gasteiger partial charge in [0.25, 0.3) is 5.91 Å². The fourth-order valence-electron chi connectivity index (χ4n) is 5.62. The van der Waals surface area contributed by atoms with Crippen molar-refractivity contribution in [3.8, 4) is 6.07 Å². The highest BCUT2D eigenvalue weighted by atomic mass is 32.2. The van der Waals surface area contributed by atoms with Crippen molar-refractivity contribution < 1.29 is 22.8 Å². The molecule has 0 saturated carbocycles. The summed E-state index contributed by atoms with van der Waals surface area (Å²) in [5.74, 6) is -2.63. The van der Waals surface area contributed by atoms with E-state index in [9.17, 15) is 28.1 Å². The molecule has 3 aromatic carbocycles. The normalized spacial score (nSPS) is 17.1. The van der Waals surface area contributed by atoms with Crippen LogP contribution in [0.2, 0.25) is 0 Å². The topological polar surface area (TPSA) is 128 Å². The van der Waals surface area contributed by atoms with E-state index in [0.717, 1.165) is 28.2 Å². The van der Waals surface area contributed by atoms with Crippen LogP contribution in [0.3, 0.4) is 0 Å². The number of fused-ring (bicyclic) bond motifs is 2. The van der Waals surface area contributed by atoms with Crippen molar-refractivity contribution in [3.63, 3.8) is 0 Å². The van der Waals surface area contributed by atoms with Crippen LogP contribution in [0, 0.1) is 24.2 Å². The molecule has 2 atom stereocenters. The molecular formula is C32H36N4O5S. The van der Waals surface area contributed by atoms with Crippen LogP contribution in [-0.2, 0) is 30.8 Å². The van der Waals surface area contributed by atoms with Gasteiger partial charge in [-0.2, -0.15) is 5.26 Å². The van der Waals surface area contributed by atoms with Gasteiger partial charge in [0.1, 0.15) is 11.8 Å². The summed E-state index contributed by atoms with van der Waals surface area (Å²) >= 11 is 0. The standard InChI is InChI=1S/C32H36N4O5S/c1-6-23(7-2)31(38)34-30-21(4)36(29(37)19-42(5,40)41)28-16-22(17-33)13-15-27(28)35(32(30)39)18-26-20(3)12-14-24-10-8-9-11-25(24)26/h8-16,21,23,30H,6-7,18-19H2,1-5H3,(H,34,38)/t21-,30-/m0/s1. The maximum atomic E-state index is 14.5. The Morgan fingerprint density at radius 3 is 2.38 bits per heavy atom. The van der Waals surface area contributed by atoms with Gasteiger partial charge in [0, 0.05) is 12.2 Å². The van der Waals surface area contributed by atoms with Gasteiger partial charge in [-0.1, -0.05) is 50.2 Å². The predicted octanol–water partition coefficient (Wildman–Crippen LogP) is 4.25. The number of benzene rings is 3. The molecule has 0 fully saturated rings. The average molecular weight is 589 g/mol.